The quantitative estimate of drug-likeness (QED) is 0.508. The lowest BCUT2D eigenvalue weighted by Gasteiger charge is -2.29. The molecule has 5 rings (SSSR count). The van der Waals surface area contributed by atoms with Crippen LogP contribution < -0.4 is 4.90 Å². The highest BCUT2D eigenvalue weighted by Crippen LogP contribution is 2.29. The Hall–Kier alpha value is -3.19. The second kappa shape index (κ2) is 7.91. The van der Waals surface area contributed by atoms with Crippen LogP contribution in [0.2, 0.25) is 0 Å². The standard InChI is InChI=1S/C23H26N6O/c1-3-8-28-16-24-22-20(27-10-12-30-13-11-27)15-21(25-23(22)28)29-9-7-19(26-29)18-6-4-5-17(2)14-18/h4-7,9,14-16H,3,8,10-13H2,1-2H3. The molecular weight excluding hydrogens is 376 g/mol. The van der Waals surface area contributed by atoms with E-state index >= 15 is 0 Å². The van der Waals surface area contributed by atoms with Gasteiger partial charge in [-0.25, -0.2) is 14.6 Å². The minimum absolute atomic E-state index is 0.730. The van der Waals surface area contributed by atoms with E-state index in [2.05, 4.69) is 53.6 Å². The molecule has 7 heteroatoms. The molecule has 0 amide bonds. The number of morpholine rings is 1. The number of nitrogens with zero attached hydrogens (tertiary/aromatic N) is 6. The van der Waals surface area contributed by atoms with E-state index in [4.69, 9.17) is 19.8 Å². The Bertz CT molecular complexity index is 1170. The van der Waals surface area contributed by atoms with Crippen LogP contribution in [0.15, 0.2) is 48.9 Å². The topological polar surface area (TPSA) is 61.0 Å². The van der Waals surface area contributed by atoms with Crippen LogP contribution in [0.25, 0.3) is 28.2 Å². The molecule has 30 heavy (non-hydrogen) atoms. The molecule has 0 bridgehead atoms. The van der Waals surface area contributed by atoms with Crippen LogP contribution in [0.4, 0.5) is 5.69 Å². The largest absolute Gasteiger partial charge is 0.378 e. The van der Waals surface area contributed by atoms with E-state index < -0.39 is 0 Å². The lowest BCUT2D eigenvalue weighted by atomic mass is 10.1. The van der Waals surface area contributed by atoms with Gasteiger partial charge in [0, 0.05) is 37.5 Å². The maximum atomic E-state index is 5.55. The fourth-order valence-corrected chi connectivity index (χ4v) is 3.98. The summed E-state index contributed by atoms with van der Waals surface area (Å²) >= 11 is 0. The summed E-state index contributed by atoms with van der Waals surface area (Å²) in [6.45, 7) is 8.32. The summed E-state index contributed by atoms with van der Waals surface area (Å²) < 4.78 is 9.55. The molecule has 1 aliphatic heterocycles. The summed E-state index contributed by atoms with van der Waals surface area (Å²) in [6.07, 6.45) is 4.91. The molecule has 3 aromatic heterocycles. The highest BCUT2D eigenvalue weighted by molar-refractivity contribution is 5.87. The molecule has 1 aliphatic rings. The zero-order chi connectivity index (χ0) is 20.5. The predicted molar refractivity (Wildman–Crippen MR) is 118 cm³/mol. The SMILES string of the molecule is CCCn1cnc2c(N3CCOCC3)cc(-n3ccc(-c4cccc(C)c4)n3)nc21. The van der Waals surface area contributed by atoms with E-state index in [9.17, 15) is 0 Å². The number of hydrogen-bond acceptors (Lipinski definition) is 5. The van der Waals surface area contributed by atoms with Crippen molar-refractivity contribution in [3.05, 3.63) is 54.5 Å². The Balaban J connectivity index is 1.61. The molecule has 0 N–H and O–H groups in total. The first-order valence-corrected chi connectivity index (χ1v) is 10.5. The van der Waals surface area contributed by atoms with Crippen LogP contribution in [0, 0.1) is 6.92 Å². The van der Waals surface area contributed by atoms with Crippen LogP contribution in [-0.4, -0.2) is 50.6 Å². The minimum Gasteiger partial charge on any atom is -0.378 e. The molecular formula is C23H26N6O. The van der Waals surface area contributed by atoms with E-state index in [0.29, 0.717) is 0 Å². The van der Waals surface area contributed by atoms with Gasteiger partial charge in [-0.15, -0.1) is 0 Å². The van der Waals surface area contributed by atoms with Crippen LogP contribution in [-0.2, 0) is 11.3 Å². The molecule has 0 unspecified atom stereocenters. The number of benzene rings is 1. The monoisotopic (exact) mass is 402 g/mol. The van der Waals surface area contributed by atoms with Gasteiger partial charge in [-0.1, -0.05) is 30.7 Å². The van der Waals surface area contributed by atoms with Crippen molar-refractivity contribution in [3.8, 4) is 17.1 Å². The molecule has 154 valence electrons. The predicted octanol–water partition coefficient (Wildman–Crippen LogP) is 3.84. The molecule has 4 aromatic rings. The molecule has 0 radical (unpaired) electrons. The number of rotatable bonds is 5. The maximum absolute atomic E-state index is 5.55. The van der Waals surface area contributed by atoms with E-state index in [1.807, 2.05) is 23.3 Å². The van der Waals surface area contributed by atoms with Crippen molar-refractivity contribution >= 4 is 16.9 Å². The second-order valence-electron chi connectivity index (χ2n) is 7.72. The fraction of sp³-hybridized carbons (Fsp3) is 0.348. The van der Waals surface area contributed by atoms with Gasteiger partial charge in [0.25, 0.3) is 0 Å². The summed E-state index contributed by atoms with van der Waals surface area (Å²) in [5.74, 6) is 0.806. The van der Waals surface area contributed by atoms with Gasteiger partial charge in [0.15, 0.2) is 11.5 Å². The molecule has 4 heterocycles. The van der Waals surface area contributed by atoms with Gasteiger partial charge in [0.05, 0.1) is 30.9 Å². The smallest absolute Gasteiger partial charge is 0.164 e. The summed E-state index contributed by atoms with van der Waals surface area (Å²) in [7, 11) is 0. The van der Waals surface area contributed by atoms with Gasteiger partial charge < -0.3 is 14.2 Å². The van der Waals surface area contributed by atoms with Gasteiger partial charge in [-0.3, -0.25) is 0 Å². The van der Waals surface area contributed by atoms with E-state index in [1.54, 1.807) is 0 Å². The molecule has 7 nitrogen and oxygen atoms in total. The number of fused-ring (bicyclic) bond motifs is 1. The first kappa shape index (κ1) is 18.8. The van der Waals surface area contributed by atoms with E-state index in [1.165, 1.54) is 5.56 Å². The third-order valence-corrected chi connectivity index (χ3v) is 5.49. The minimum atomic E-state index is 0.730. The van der Waals surface area contributed by atoms with Crippen molar-refractivity contribution in [1.29, 1.82) is 0 Å². The summed E-state index contributed by atoms with van der Waals surface area (Å²) in [6, 6.07) is 12.5. The van der Waals surface area contributed by atoms with Gasteiger partial charge in [0.2, 0.25) is 0 Å². The highest BCUT2D eigenvalue weighted by atomic mass is 16.5. The highest BCUT2D eigenvalue weighted by Gasteiger charge is 2.20. The molecule has 1 saturated heterocycles. The van der Waals surface area contributed by atoms with Crippen molar-refractivity contribution < 1.29 is 4.74 Å². The van der Waals surface area contributed by atoms with Crippen LogP contribution in [0.1, 0.15) is 18.9 Å². The Kier molecular flexibility index (Phi) is 4.96. The number of aromatic nitrogens is 5. The van der Waals surface area contributed by atoms with Crippen molar-refractivity contribution in [1.82, 2.24) is 24.3 Å². The number of ether oxygens (including phenoxy) is 1. The third-order valence-electron chi connectivity index (χ3n) is 5.49. The Morgan fingerprint density at radius 3 is 2.77 bits per heavy atom. The van der Waals surface area contributed by atoms with E-state index in [0.717, 1.165) is 73.2 Å². The zero-order valence-corrected chi connectivity index (χ0v) is 17.5. The Labute approximate surface area is 175 Å². The average molecular weight is 403 g/mol. The number of imidazole rings is 1. The average Bonchev–Trinajstić information content (AvgIpc) is 3.42. The molecule has 1 aromatic carbocycles. The van der Waals surface area contributed by atoms with Crippen molar-refractivity contribution in [2.75, 3.05) is 31.2 Å². The second-order valence-corrected chi connectivity index (χ2v) is 7.72. The van der Waals surface area contributed by atoms with Gasteiger partial charge in [-0.05, 0) is 25.5 Å². The number of hydrogen-bond donors (Lipinski definition) is 0. The summed E-state index contributed by atoms with van der Waals surface area (Å²) in [4.78, 5) is 12.0. The van der Waals surface area contributed by atoms with Crippen LogP contribution in [0.5, 0.6) is 0 Å². The number of pyridine rings is 1. The molecule has 0 spiro atoms. The van der Waals surface area contributed by atoms with Crippen LogP contribution >= 0.6 is 0 Å². The summed E-state index contributed by atoms with van der Waals surface area (Å²) in [5.41, 5.74) is 6.22. The van der Waals surface area contributed by atoms with Gasteiger partial charge in [-0.2, -0.15) is 5.10 Å². The Morgan fingerprint density at radius 1 is 1.10 bits per heavy atom. The van der Waals surface area contributed by atoms with Gasteiger partial charge in [0.1, 0.15) is 5.52 Å². The van der Waals surface area contributed by atoms with Gasteiger partial charge >= 0.3 is 0 Å². The maximum Gasteiger partial charge on any atom is 0.164 e. The van der Waals surface area contributed by atoms with Crippen molar-refractivity contribution in [2.24, 2.45) is 0 Å². The zero-order valence-electron chi connectivity index (χ0n) is 17.5. The van der Waals surface area contributed by atoms with Crippen molar-refractivity contribution in [2.45, 2.75) is 26.8 Å². The van der Waals surface area contributed by atoms with Crippen LogP contribution in [0.3, 0.4) is 0 Å². The number of anilines is 1. The summed E-state index contributed by atoms with van der Waals surface area (Å²) in [5, 5.41) is 4.83. The molecule has 1 fully saturated rings. The third kappa shape index (κ3) is 3.45. The van der Waals surface area contributed by atoms with E-state index in [-0.39, 0.29) is 0 Å². The number of aryl methyl sites for hydroxylation is 2. The Morgan fingerprint density at radius 2 is 1.97 bits per heavy atom. The van der Waals surface area contributed by atoms with Crippen molar-refractivity contribution in [3.63, 3.8) is 0 Å². The lowest BCUT2D eigenvalue weighted by Crippen LogP contribution is -2.36. The molecule has 0 atom stereocenters. The first-order valence-electron chi connectivity index (χ1n) is 10.5. The lowest BCUT2D eigenvalue weighted by molar-refractivity contribution is 0.123. The molecule has 0 aliphatic carbocycles. The normalized spacial score (nSPS) is 14.5. The fourth-order valence-electron chi connectivity index (χ4n) is 3.98. The first-order chi connectivity index (χ1) is 14.7. The molecule has 0 saturated carbocycles.